The molecule has 1 aliphatic heterocycles. The van der Waals surface area contributed by atoms with Crippen molar-refractivity contribution in [3.05, 3.63) is 29.5 Å². The Kier molecular flexibility index (Phi) is 3.59. The third kappa shape index (κ3) is 2.38. The SMILES string of the molecule is CCNC(=O)NC1CC(c2cn(O)c3ncc4c(c23)C=C[B]O4)C1. The molecule has 1 fully saturated rings. The van der Waals surface area contributed by atoms with Crippen LogP contribution >= 0.6 is 0 Å². The highest BCUT2D eigenvalue weighted by atomic mass is 16.5. The minimum Gasteiger partial charge on any atom is -0.557 e. The van der Waals surface area contributed by atoms with Crippen molar-refractivity contribution in [1.29, 1.82) is 0 Å². The molecule has 24 heavy (non-hydrogen) atoms. The van der Waals surface area contributed by atoms with Crippen LogP contribution in [0.3, 0.4) is 0 Å². The van der Waals surface area contributed by atoms with Crippen LogP contribution in [0.15, 0.2) is 18.4 Å². The fraction of sp³-hybridized carbons (Fsp3) is 0.375. The molecule has 123 valence electrons. The van der Waals surface area contributed by atoms with Crippen molar-refractivity contribution in [2.45, 2.75) is 31.7 Å². The van der Waals surface area contributed by atoms with Crippen LogP contribution in [0, 0.1) is 0 Å². The van der Waals surface area contributed by atoms with Crippen molar-refractivity contribution in [3.8, 4) is 5.75 Å². The molecule has 0 saturated heterocycles. The summed E-state index contributed by atoms with van der Waals surface area (Å²) in [6.07, 6.45) is 6.99. The van der Waals surface area contributed by atoms with Crippen molar-refractivity contribution >= 4 is 30.6 Å². The zero-order valence-electron chi connectivity index (χ0n) is 13.3. The zero-order chi connectivity index (χ0) is 16.7. The number of aromatic nitrogens is 2. The van der Waals surface area contributed by atoms with E-state index in [9.17, 15) is 10.0 Å². The van der Waals surface area contributed by atoms with Gasteiger partial charge in [0.15, 0.2) is 5.65 Å². The topological polar surface area (TPSA) is 88.4 Å². The molecule has 3 heterocycles. The normalized spacial score (nSPS) is 21.4. The molecule has 3 N–H and O–H groups in total. The van der Waals surface area contributed by atoms with Crippen molar-refractivity contribution in [2.75, 3.05) is 6.54 Å². The maximum absolute atomic E-state index is 11.6. The van der Waals surface area contributed by atoms with Crippen molar-refractivity contribution in [1.82, 2.24) is 20.3 Å². The molecule has 0 aromatic carbocycles. The Morgan fingerprint density at radius 3 is 3.17 bits per heavy atom. The van der Waals surface area contributed by atoms with Gasteiger partial charge in [0, 0.05) is 29.7 Å². The smallest absolute Gasteiger partial charge is 0.401 e. The van der Waals surface area contributed by atoms with Crippen LogP contribution in [0.5, 0.6) is 5.75 Å². The Balaban J connectivity index is 1.60. The first-order chi connectivity index (χ1) is 11.7. The molecule has 2 aromatic rings. The number of urea groups is 1. The molecule has 8 heteroatoms. The van der Waals surface area contributed by atoms with Gasteiger partial charge in [-0.25, -0.2) is 9.78 Å². The zero-order valence-corrected chi connectivity index (χ0v) is 13.3. The average Bonchev–Trinajstić information content (AvgIpc) is 2.88. The molecule has 1 saturated carbocycles. The van der Waals surface area contributed by atoms with Crippen LogP contribution in [-0.4, -0.2) is 41.0 Å². The lowest BCUT2D eigenvalue weighted by atomic mass is 9.75. The summed E-state index contributed by atoms with van der Waals surface area (Å²) in [6, 6.07) is 0.0303. The predicted molar refractivity (Wildman–Crippen MR) is 90.3 cm³/mol. The summed E-state index contributed by atoms with van der Waals surface area (Å²) < 4.78 is 6.57. The van der Waals surface area contributed by atoms with Crippen molar-refractivity contribution in [3.63, 3.8) is 0 Å². The first kappa shape index (κ1) is 14.9. The van der Waals surface area contributed by atoms with E-state index in [1.165, 1.54) is 0 Å². The number of pyridine rings is 1. The van der Waals surface area contributed by atoms with E-state index in [2.05, 4.69) is 15.6 Å². The summed E-state index contributed by atoms with van der Waals surface area (Å²) in [5.41, 5.74) is 2.51. The number of amides is 2. The minimum absolute atomic E-state index is 0.128. The van der Waals surface area contributed by atoms with E-state index in [-0.39, 0.29) is 18.0 Å². The monoisotopic (exact) mass is 325 g/mol. The third-order valence-corrected chi connectivity index (χ3v) is 4.62. The van der Waals surface area contributed by atoms with Crippen molar-refractivity contribution < 1.29 is 14.7 Å². The second-order valence-corrected chi connectivity index (χ2v) is 6.15. The number of carbonyl (C=O) groups excluding carboxylic acids is 1. The van der Waals surface area contributed by atoms with E-state index >= 15 is 0 Å². The summed E-state index contributed by atoms with van der Waals surface area (Å²) in [6.45, 7) is 2.50. The molecule has 1 aliphatic carbocycles. The van der Waals surface area contributed by atoms with E-state index in [4.69, 9.17) is 4.65 Å². The van der Waals surface area contributed by atoms with Gasteiger partial charge in [0.2, 0.25) is 0 Å². The Bertz CT molecular complexity index is 826. The summed E-state index contributed by atoms with van der Waals surface area (Å²) >= 11 is 0. The standard InChI is InChI=1S/C16H18BN4O3/c1-2-18-16(22)20-10-5-9(6-10)12-8-21(23)15-14(12)11-3-4-17-24-13(11)7-19-15/h3-4,7-10,23H,2,5-6H2,1H3,(H2,18,20,22). The molecule has 1 radical (unpaired) electrons. The fourth-order valence-electron chi connectivity index (χ4n) is 3.42. The van der Waals surface area contributed by atoms with Gasteiger partial charge in [-0.1, -0.05) is 12.1 Å². The van der Waals surface area contributed by atoms with E-state index in [1.54, 1.807) is 19.9 Å². The lowest BCUT2D eigenvalue weighted by Crippen LogP contribution is -2.47. The van der Waals surface area contributed by atoms with Crippen molar-refractivity contribution in [2.24, 2.45) is 0 Å². The molecule has 7 nitrogen and oxygen atoms in total. The molecule has 0 bridgehead atoms. The molecule has 0 unspecified atom stereocenters. The highest BCUT2D eigenvalue weighted by Crippen LogP contribution is 2.43. The van der Waals surface area contributed by atoms with Gasteiger partial charge >= 0.3 is 13.5 Å². The molecular weight excluding hydrogens is 307 g/mol. The fourth-order valence-corrected chi connectivity index (χ4v) is 3.42. The third-order valence-electron chi connectivity index (χ3n) is 4.62. The highest BCUT2D eigenvalue weighted by Gasteiger charge is 2.34. The summed E-state index contributed by atoms with van der Waals surface area (Å²) in [5, 5.41) is 16.8. The second-order valence-electron chi connectivity index (χ2n) is 6.15. The summed E-state index contributed by atoms with van der Waals surface area (Å²) in [4.78, 5) is 15.9. The van der Waals surface area contributed by atoms with E-state index in [0.29, 0.717) is 17.9 Å². The maximum Gasteiger partial charge on any atom is 0.401 e. The molecule has 0 atom stereocenters. The first-order valence-electron chi connectivity index (χ1n) is 8.11. The van der Waals surface area contributed by atoms with E-state index in [1.807, 2.05) is 19.0 Å². The van der Waals surface area contributed by atoms with Crippen LogP contribution in [0.25, 0.3) is 17.1 Å². The molecule has 2 aromatic heterocycles. The predicted octanol–water partition coefficient (Wildman–Crippen LogP) is 1.82. The lowest BCUT2D eigenvalue weighted by molar-refractivity contribution is 0.195. The molecule has 2 aliphatic rings. The Morgan fingerprint density at radius 2 is 2.38 bits per heavy atom. The highest BCUT2D eigenvalue weighted by molar-refractivity contribution is 6.38. The Labute approximate surface area is 139 Å². The lowest BCUT2D eigenvalue weighted by Gasteiger charge is -2.35. The number of hydrogen-bond donors (Lipinski definition) is 3. The second kappa shape index (κ2) is 5.77. The van der Waals surface area contributed by atoms with Gasteiger partial charge in [-0.05, 0) is 31.2 Å². The minimum atomic E-state index is -0.128. The quantitative estimate of drug-likeness (QED) is 0.593. The molecule has 4 rings (SSSR count). The number of nitrogens with zero attached hydrogens (tertiary/aromatic N) is 2. The van der Waals surface area contributed by atoms with Crippen LogP contribution in [0.4, 0.5) is 4.79 Å². The number of hydrogen-bond acceptors (Lipinski definition) is 4. The van der Waals surface area contributed by atoms with Gasteiger partial charge < -0.3 is 20.5 Å². The van der Waals surface area contributed by atoms with Gasteiger partial charge in [0.25, 0.3) is 0 Å². The number of nitrogens with one attached hydrogen (secondary N) is 2. The largest absolute Gasteiger partial charge is 0.557 e. The molecule has 0 spiro atoms. The van der Waals surface area contributed by atoms with Gasteiger partial charge in [0.05, 0.1) is 6.20 Å². The molecular formula is C16H18BN4O3. The molecule has 2 amide bonds. The van der Waals surface area contributed by atoms with E-state index in [0.717, 1.165) is 34.1 Å². The van der Waals surface area contributed by atoms with Crippen LogP contribution in [0.2, 0.25) is 0 Å². The maximum atomic E-state index is 11.6. The van der Waals surface area contributed by atoms with Crippen LogP contribution in [0.1, 0.15) is 36.8 Å². The average molecular weight is 325 g/mol. The number of fused-ring (bicyclic) bond motifs is 3. The first-order valence-corrected chi connectivity index (χ1v) is 8.11. The summed E-state index contributed by atoms with van der Waals surface area (Å²) in [5.74, 6) is 2.80. The van der Waals surface area contributed by atoms with Gasteiger partial charge in [-0.3, -0.25) is 0 Å². The van der Waals surface area contributed by atoms with Gasteiger partial charge in [0.1, 0.15) is 5.75 Å². The van der Waals surface area contributed by atoms with E-state index < -0.39 is 0 Å². The Morgan fingerprint density at radius 1 is 1.54 bits per heavy atom. The van der Waals surface area contributed by atoms with Crippen LogP contribution < -0.4 is 15.3 Å². The number of rotatable bonds is 3. The van der Waals surface area contributed by atoms with Gasteiger partial charge in [-0.2, -0.15) is 4.73 Å². The Hall–Kier alpha value is -2.64. The summed E-state index contributed by atoms with van der Waals surface area (Å²) in [7, 11) is 1.61. The van der Waals surface area contributed by atoms with Crippen LogP contribution in [-0.2, 0) is 0 Å². The van der Waals surface area contributed by atoms with Gasteiger partial charge in [-0.15, -0.1) is 0 Å². The number of carbonyl (C=O) groups is 1.